The van der Waals surface area contributed by atoms with Crippen molar-refractivity contribution in [2.24, 2.45) is 0 Å². The quantitative estimate of drug-likeness (QED) is 0.0241. The van der Waals surface area contributed by atoms with Gasteiger partial charge in [0.05, 0.1) is 26.4 Å². The first-order valence-electron chi connectivity index (χ1n) is 21.1. The maximum Gasteiger partial charge on any atom is 0.472 e. The van der Waals surface area contributed by atoms with E-state index in [4.69, 9.17) is 23.6 Å². The van der Waals surface area contributed by atoms with Gasteiger partial charge in [-0.25, -0.2) is 4.57 Å². The number of ether oxygens (including phenoxy) is 2. The smallest absolute Gasteiger partial charge is 0.457 e. The van der Waals surface area contributed by atoms with Crippen molar-refractivity contribution in [2.75, 3.05) is 33.0 Å². The van der Waals surface area contributed by atoms with Crippen molar-refractivity contribution < 1.29 is 43.0 Å². The minimum absolute atomic E-state index is 0.0288. The van der Waals surface area contributed by atoms with Crippen molar-refractivity contribution in [3.8, 4) is 0 Å². The van der Waals surface area contributed by atoms with Gasteiger partial charge in [0.2, 0.25) is 0 Å². The Bertz CT molecular complexity index is 1130. The molecule has 0 aromatic heterocycles. The molecule has 0 spiro atoms. The van der Waals surface area contributed by atoms with Crippen molar-refractivity contribution in [3.05, 3.63) is 85.1 Å². The van der Waals surface area contributed by atoms with Crippen LogP contribution in [0.3, 0.4) is 0 Å². The summed E-state index contributed by atoms with van der Waals surface area (Å²) >= 11 is 0. The van der Waals surface area contributed by atoms with Crippen LogP contribution in [0.2, 0.25) is 0 Å². The lowest BCUT2D eigenvalue weighted by molar-refractivity contribution is -0.154. The fraction of sp³-hybridized carbons (Fsp3) is 0.667. The Morgan fingerprint density at radius 1 is 0.582 bits per heavy atom. The first kappa shape index (κ1) is 52.6. The minimum atomic E-state index is -4.53. The number of allylic oxidation sites excluding steroid dienone is 14. The summed E-state index contributed by atoms with van der Waals surface area (Å²) in [5.74, 6) is -0.414. The maximum atomic E-state index is 12.6. The van der Waals surface area contributed by atoms with E-state index in [1.807, 2.05) is 0 Å². The average molecular weight is 793 g/mol. The SMILES string of the molecule is CC/C=C\C/C=C\C/C=C\C/C=C\C/C=C\C/C=C\CCCCCCC(=O)OC(COCCCCCCCC/C=C\CCC)COP(=O)(O)OCC(O)CO. The third-order valence-electron chi connectivity index (χ3n) is 8.30. The number of aliphatic hydroxyl groups is 2. The highest BCUT2D eigenvalue weighted by molar-refractivity contribution is 7.47. The van der Waals surface area contributed by atoms with E-state index in [0.717, 1.165) is 96.3 Å². The van der Waals surface area contributed by atoms with Crippen molar-refractivity contribution in [1.82, 2.24) is 0 Å². The summed E-state index contributed by atoms with van der Waals surface area (Å²) in [4.78, 5) is 22.5. The summed E-state index contributed by atoms with van der Waals surface area (Å²) in [6, 6.07) is 0. The van der Waals surface area contributed by atoms with Crippen molar-refractivity contribution in [1.29, 1.82) is 0 Å². The van der Waals surface area contributed by atoms with Gasteiger partial charge in [-0.05, 0) is 83.5 Å². The maximum absolute atomic E-state index is 12.6. The number of hydrogen-bond acceptors (Lipinski definition) is 8. The molecule has 0 aromatic carbocycles. The second-order valence-corrected chi connectivity index (χ2v) is 15.1. The number of esters is 1. The third kappa shape index (κ3) is 41.1. The Labute approximate surface area is 335 Å². The zero-order valence-electron chi connectivity index (χ0n) is 34.4. The van der Waals surface area contributed by atoms with Gasteiger partial charge in [0.25, 0.3) is 0 Å². The first-order chi connectivity index (χ1) is 26.8. The van der Waals surface area contributed by atoms with Crippen LogP contribution in [0.4, 0.5) is 0 Å². The van der Waals surface area contributed by atoms with Gasteiger partial charge in [0, 0.05) is 13.0 Å². The normalized spacial score (nSPS) is 14.9. The first-order valence-corrected chi connectivity index (χ1v) is 22.6. The molecule has 0 aliphatic carbocycles. The number of phosphoric acid groups is 1. The average Bonchev–Trinajstić information content (AvgIpc) is 3.18. The predicted molar refractivity (Wildman–Crippen MR) is 228 cm³/mol. The molecule has 3 atom stereocenters. The molecule has 0 fully saturated rings. The molecule has 0 amide bonds. The van der Waals surface area contributed by atoms with Crippen molar-refractivity contribution in [3.63, 3.8) is 0 Å². The summed E-state index contributed by atoms with van der Waals surface area (Å²) in [6.45, 7) is 3.27. The number of carbonyl (C=O) groups is 1. The number of hydrogen-bond donors (Lipinski definition) is 3. The highest BCUT2D eigenvalue weighted by Gasteiger charge is 2.26. The van der Waals surface area contributed by atoms with E-state index >= 15 is 0 Å². The standard InChI is InChI=1S/C45H77O9P/c1-3-5-7-9-11-13-15-16-17-18-19-20-21-22-23-24-25-26-27-29-31-33-35-37-45(48)54-44(42-53-55(49,50)52-40-43(47)39-46)41-51-38-36-34-32-30-28-14-12-10-8-6-4-2/h5,7-8,10-11,13,16-17,19-20,22-23,25-26,43-44,46-47H,3-4,6,9,12,14-15,18,21,24,27-42H2,1-2H3,(H,49,50)/b7-5-,10-8-,13-11-,17-16-,20-19-,23-22-,26-25-. The van der Waals surface area contributed by atoms with E-state index in [-0.39, 0.29) is 13.0 Å². The molecule has 0 bridgehead atoms. The monoisotopic (exact) mass is 793 g/mol. The Hall–Kier alpha value is -2.36. The Balaban J connectivity index is 4.23. The van der Waals surface area contributed by atoms with E-state index in [2.05, 4.69) is 98.9 Å². The Morgan fingerprint density at radius 2 is 1.04 bits per heavy atom. The molecule has 0 aliphatic heterocycles. The second kappa shape index (κ2) is 41.3. The van der Waals surface area contributed by atoms with E-state index in [0.29, 0.717) is 13.0 Å². The zero-order valence-corrected chi connectivity index (χ0v) is 35.3. The van der Waals surface area contributed by atoms with Crippen LogP contribution in [0.15, 0.2) is 85.1 Å². The lowest BCUT2D eigenvalue weighted by Gasteiger charge is -2.20. The van der Waals surface area contributed by atoms with Crippen molar-refractivity contribution in [2.45, 2.75) is 161 Å². The lowest BCUT2D eigenvalue weighted by Crippen LogP contribution is -2.29. The molecule has 0 radical (unpaired) electrons. The fourth-order valence-electron chi connectivity index (χ4n) is 5.12. The molecule has 55 heavy (non-hydrogen) atoms. The van der Waals surface area contributed by atoms with Gasteiger partial charge in [0.15, 0.2) is 0 Å². The van der Waals surface area contributed by atoms with Gasteiger partial charge in [-0.2, -0.15) is 0 Å². The molecule has 3 N–H and O–H groups in total. The highest BCUT2D eigenvalue weighted by atomic mass is 31.2. The Morgan fingerprint density at radius 3 is 1.58 bits per heavy atom. The topological polar surface area (TPSA) is 132 Å². The van der Waals surface area contributed by atoms with Crippen LogP contribution < -0.4 is 0 Å². The van der Waals surface area contributed by atoms with Gasteiger partial charge in [-0.1, -0.05) is 144 Å². The van der Waals surface area contributed by atoms with E-state index < -0.39 is 45.8 Å². The summed E-state index contributed by atoms with van der Waals surface area (Å²) in [6.07, 6.45) is 49.7. The second-order valence-electron chi connectivity index (χ2n) is 13.6. The summed E-state index contributed by atoms with van der Waals surface area (Å²) in [7, 11) is -4.53. The highest BCUT2D eigenvalue weighted by Crippen LogP contribution is 2.43. The van der Waals surface area contributed by atoms with Crippen LogP contribution in [0.5, 0.6) is 0 Å². The van der Waals surface area contributed by atoms with Gasteiger partial charge in [0.1, 0.15) is 12.2 Å². The molecule has 0 heterocycles. The molecule has 0 saturated heterocycles. The summed E-state index contributed by atoms with van der Waals surface area (Å²) in [5.41, 5.74) is 0. The van der Waals surface area contributed by atoms with Gasteiger partial charge in [-0.15, -0.1) is 0 Å². The molecule has 3 unspecified atom stereocenters. The number of unbranched alkanes of at least 4 members (excludes halogenated alkanes) is 11. The van der Waals surface area contributed by atoms with Gasteiger partial charge in [-0.3, -0.25) is 13.8 Å². The molecule has 0 aliphatic rings. The molecule has 9 nitrogen and oxygen atoms in total. The van der Waals surface area contributed by atoms with Crippen LogP contribution in [0.1, 0.15) is 149 Å². The van der Waals surface area contributed by atoms with Gasteiger partial charge < -0.3 is 24.6 Å². The van der Waals surface area contributed by atoms with Gasteiger partial charge >= 0.3 is 13.8 Å². The van der Waals surface area contributed by atoms with Crippen LogP contribution in [-0.2, 0) is 27.9 Å². The molecule has 0 aromatic rings. The van der Waals surface area contributed by atoms with E-state index in [1.165, 1.54) is 25.7 Å². The molecular weight excluding hydrogens is 715 g/mol. The van der Waals surface area contributed by atoms with Crippen molar-refractivity contribution >= 4 is 13.8 Å². The summed E-state index contributed by atoms with van der Waals surface area (Å²) < 4.78 is 33.3. The van der Waals surface area contributed by atoms with E-state index in [1.54, 1.807) is 0 Å². The van der Waals surface area contributed by atoms with Crippen LogP contribution >= 0.6 is 7.82 Å². The largest absolute Gasteiger partial charge is 0.472 e. The van der Waals surface area contributed by atoms with E-state index in [9.17, 15) is 19.4 Å². The molecule has 0 saturated carbocycles. The zero-order chi connectivity index (χ0) is 40.3. The lowest BCUT2D eigenvalue weighted by atomic mass is 10.1. The van der Waals surface area contributed by atoms with Crippen LogP contribution in [-0.4, -0.2) is 66.3 Å². The molecular formula is C45H77O9P. The van der Waals surface area contributed by atoms with Crippen LogP contribution in [0.25, 0.3) is 0 Å². The Kier molecular flexibility index (Phi) is 39.5. The molecule has 0 rings (SSSR count). The minimum Gasteiger partial charge on any atom is -0.457 e. The number of aliphatic hydroxyl groups excluding tert-OH is 2. The van der Waals surface area contributed by atoms with Crippen LogP contribution in [0, 0.1) is 0 Å². The number of rotatable bonds is 39. The predicted octanol–water partition coefficient (Wildman–Crippen LogP) is 11.5. The third-order valence-corrected chi connectivity index (χ3v) is 9.25. The number of carbonyl (C=O) groups excluding carboxylic acids is 1. The number of phosphoric ester groups is 1. The molecule has 10 heteroatoms. The summed E-state index contributed by atoms with van der Waals surface area (Å²) in [5, 5.41) is 18.3. The fourth-order valence-corrected chi connectivity index (χ4v) is 5.91. The molecule has 316 valence electrons.